The molecule has 0 saturated heterocycles. The lowest BCUT2D eigenvalue weighted by Crippen LogP contribution is -2.21. The molecule has 0 spiro atoms. The Bertz CT molecular complexity index is 356. The summed E-state index contributed by atoms with van der Waals surface area (Å²) in [6, 6.07) is 3.00. The van der Waals surface area contributed by atoms with Gasteiger partial charge < -0.3 is 5.73 Å². The van der Waals surface area contributed by atoms with Crippen LogP contribution in [0.15, 0.2) is 12.3 Å². The van der Waals surface area contributed by atoms with Crippen LogP contribution in [0.25, 0.3) is 0 Å². The number of rotatable bonds is 3. The van der Waals surface area contributed by atoms with Gasteiger partial charge in [0, 0.05) is 18.3 Å². The van der Waals surface area contributed by atoms with Gasteiger partial charge in [0.05, 0.1) is 5.69 Å². The van der Waals surface area contributed by atoms with Crippen molar-refractivity contribution in [2.75, 3.05) is 0 Å². The van der Waals surface area contributed by atoms with Gasteiger partial charge >= 0.3 is 0 Å². The van der Waals surface area contributed by atoms with Crippen LogP contribution in [0.5, 0.6) is 0 Å². The minimum absolute atomic E-state index is 0.371. The zero-order valence-corrected chi connectivity index (χ0v) is 10.6. The Morgan fingerprint density at radius 2 is 2.38 bits per heavy atom. The van der Waals surface area contributed by atoms with Crippen LogP contribution in [0.4, 0.5) is 0 Å². The van der Waals surface area contributed by atoms with E-state index in [-0.39, 0.29) is 0 Å². The maximum absolute atomic E-state index is 5.99. The lowest BCUT2D eigenvalue weighted by atomic mass is 9.84. The Labute approximate surface area is 98.0 Å². The molecule has 90 valence electrons. The first-order valence-corrected chi connectivity index (χ1v) is 6.28. The van der Waals surface area contributed by atoms with E-state index in [1.165, 1.54) is 18.5 Å². The summed E-state index contributed by atoms with van der Waals surface area (Å²) in [7, 11) is 0. The zero-order chi connectivity index (χ0) is 11.8. The lowest BCUT2D eigenvalue weighted by Gasteiger charge is -2.22. The number of nitrogens with two attached hydrogens (primary N) is 1. The Morgan fingerprint density at radius 3 is 2.88 bits per heavy atom. The second kappa shape index (κ2) is 4.21. The smallest absolute Gasteiger partial charge is 0.0630 e. The summed E-state index contributed by atoms with van der Waals surface area (Å²) in [5.41, 5.74) is 7.58. The van der Waals surface area contributed by atoms with Crippen molar-refractivity contribution in [3.05, 3.63) is 18.0 Å². The van der Waals surface area contributed by atoms with Crippen molar-refractivity contribution in [1.29, 1.82) is 0 Å². The summed E-state index contributed by atoms with van der Waals surface area (Å²) in [5.74, 6) is 0. The molecule has 1 heterocycles. The van der Waals surface area contributed by atoms with E-state index in [0.29, 0.717) is 17.5 Å². The van der Waals surface area contributed by atoms with Gasteiger partial charge in [-0.15, -0.1) is 0 Å². The standard InChI is InChI=1S/C13H23N3/c1-10(2)16-7-5-12(15-16)9-13(3)6-4-11(14)8-13/h5,7,10-11H,4,6,8-9,14H2,1-3H3. The van der Waals surface area contributed by atoms with Crippen molar-refractivity contribution in [2.45, 2.75) is 58.5 Å². The van der Waals surface area contributed by atoms with E-state index in [9.17, 15) is 0 Å². The van der Waals surface area contributed by atoms with Gasteiger partial charge in [0.25, 0.3) is 0 Å². The molecular formula is C13H23N3. The molecule has 2 atom stereocenters. The number of nitrogens with zero attached hydrogens (tertiary/aromatic N) is 2. The van der Waals surface area contributed by atoms with Gasteiger partial charge in [-0.3, -0.25) is 4.68 Å². The van der Waals surface area contributed by atoms with Gasteiger partial charge in [0.1, 0.15) is 0 Å². The first kappa shape index (κ1) is 11.6. The van der Waals surface area contributed by atoms with Crippen molar-refractivity contribution < 1.29 is 0 Å². The molecule has 16 heavy (non-hydrogen) atoms. The van der Waals surface area contributed by atoms with E-state index in [1.54, 1.807) is 0 Å². The van der Waals surface area contributed by atoms with Crippen LogP contribution in [-0.2, 0) is 6.42 Å². The molecule has 0 bridgehead atoms. The molecule has 1 saturated carbocycles. The molecule has 2 rings (SSSR count). The Balaban J connectivity index is 2.03. The summed E-state index contributed by atoms with van der Waals surface area (Å²) in [6.45, 7) is 6.65. The quantitative estimate of drug-likeness (QED) is 0.852. The fraction of sp³-hybridized carbons (Fsp3) is 0.769. The zero-order valence-electron chi connectivity index (χ0n) is 10.6. The van der Waals surface area contributed by atoms with Crippen molar-refractivity contribution >= 4 is 0 Å². The first-order chi connectivity index (χ1) is 7.48. The molecule has 0 amide bonds. The molecule has 1 aromatic rings. The highest BCUT2D eigenvalue weighted by molar-refractivity contribution is 5.05. The predicted octanol–water partition coefficient (Wildman–Crippen LogP) is 2.52. The highest BCUT2D eigenvalue weighted by Gasteiger charge is 2.33. The lowest BCUT2D eigenvalue weighted by molar-refractivity contribution is 0.324. The third-order valence-corrected chi connectivity index (χ3v) is 3.67. The van der Waals surface area contributed by atoms with Gasteiger partial charge in [-0.2, -0.15) is 5.10 Å². The van der Waals surface area contributed by atoms with Gasteiger partial charge in [-0.25, -0.2) is 0 Å². The summed E-state index contributed by atoms with van der Waals surface area (Å²) in [5, 5.41) is 4.62. The molecule has 3 nitrogen and oxygen atoms in total. The number of hydrogen-bond donors (Lipinski definition) is 1. The highest BCUT2D eigenvalue weighted by Crippen LogP contribution is 2.39. The Hall–Kier alpha value is -0.830. The van der Waals surface area contributed by atoms with E-state index in [0.717, 1.165) is 12.8 Å². The molecule has 0 aliphatic heterocycles. The fourth-order valence-electron chi connectivity index (χ4n) is 2.73. The van der Waals surface area contributed by atoms with Crippen LogP contribution in [0.1, 0.15) is 51.8 Å². The second-order valence-electron chi connectivity index (χ2n) is 5.87. The summed E-state index contributed by atoms with van der Waals surface area (Å²) < 4.78 is 2.04. The van der Waals surface area contributed by atoms with Crippen LogP contribution >= 0.6 is 0 Å². The maximum atomic E-state index is 5.99. The second-order valence-corrected chi connectivity index (χ2v) is 5.87. The van der Waals surface area contributed by atoms with Crippen LogP contribution in [-0.4, -0.2) is 15.8 Å². The van der Waals surface area contributed by atoms with Gasteiger partial charge in [0.2, 0.25) is 0 Å². The third-order valence-electron chi connectivity index (χ3n) is 3.67. The Morgan fingerprint density at radius 1 is 1.62 bits per heavy atom. The highest BCUT2D eigenvalue weighted by atomic mass is 15.3. The van der Waals surface area contributed by atoms with Crippen LogP contribution in [0.2, 0.25) is 0 Å². The molecule has 0 radical (unpaired) electrons. The van der Waals surface area contributed by atoms with Crippen molar-refractivity contribution in [1.82, 2.24) is 9.78 Å². The summed E-state index contributed by atoms with van der Waals surface area (Å²) >= 11 is 0. The first-order valence-electron chi connectivity index (χ1n) is 6.28. The molecule has 0 aromatic carbocycles. The normalized spacial score (nSPS) is 30.2. The molecule has 2 N–H and O–H groups in total. The van der Waals surface area contributed by atoms with Crippen molar-refractivity contribution in [2.24, 2.45) is 11.1 Å². The average Bonchev–Trinajstić information content (AvgIpc) is 2.74. The molecule has 1 fully saturated rings. The maximum Gasteiger partial charge on any atom is 0.0630 e. The van der Waals surface area contributed by atoms with E-state index >= 15 is 0 Å². The van der Waals surface area contributed by atoms with E-state index in [2.05, 4.69) is 38.1 Å². The Kier molecular flexibility index (Phi) is 3.06. The van der Waals surface area contributed by atoms with Crippen LogP contribution in [0, 0.1) is 5.41 Å². The van der Waals surface area contributed by atoms with Crippen LogP contribution < -0.4 is 5.73 Å². The van der Waals surface area contributed by atoms with Crippen LogP contribution in [0.3, 0.4) is 0 Å². The number of aromatic nitrogens is 2. The van der Waals surface area contributed by atoms with Gasteiger partial charge in [-0.05, 0) is 51.0 Å². The largest absolute Gasteiger partial charge is 0.328 e. The minimum Gasteiger partial charge on any atom is -0.328 e. The molecule has 1 aliphatic carbocycles. The summed E-state index contributed by atoms with van der Waals surface area (Å²) in [6.07, 6.45) is 6.70. The van der Waals surface area contributed by atoms with E-state index < -0.39 is 0 Å². The summed E-state index contributed by atoms with van der Waals surface area (Å²) in [4.78, 5) is 0. The van der Waals surface area contributed by atoms with E-state index in [4.69, 9.17) is 5.73 Å². The topological polar surface area (TPSA) is 43.8 Å². The molecule has 1 aliphatic rings. The monoisotopic (exact) mass is 221 g/mol. The fourth-order valence-corrected chi connectivity index (χ4v) is 2.73. The molecule has 1 aromatic heterocycles. The molecular weight excluding hydrogens is 198 g/mol. The van der Waals surface area contributed by atoms with Gasteiger partial charge in [-0.1, -0.05) is 6.92 Å². The number of hydrogen-bond acceptors (Lipinski definition) is 2. The molecule has 2 unspecified atom stereocenters. The predicted molar refractivity (Wildman–Crippen MR) is 66.2 cm³/mol. The van der Waals surface area contributed by atoms with Crippen molar-refractivity contribution in [3.8, 4) is 0 Å². The van der Waals surface area contributed by atoms with E-state index in [1.807, 2.05) is 4.68 Å². The third kappa shape index (κ3) is 2.46. The van der Waals surface area contributed by atoms with Crippen molar-refractivity contribution in [3.63, 3.8) is 0 Å². The minimum atomic E-state index is 0.371. The SMILES string of the molecule is CC(C)n1ccc(CC2(C)CCC(N)C2)n1. The average molecular weight is 221 g/mol. The van der Waals surface area contributed by atoms with Gasteiger partial charge in [0.15, 0.2) is 0 Å². The molecule has 3 heteroatoms.